The number of aliphatic hydroxyl groups is 1. The third-order valence-corrected chi connectivity index (χ3v) is 4.18. The van der Waals surface area contributed by atoms with Crippen LogP contribution in [0.1, 0.15) is 34.8 Å². The molecule has 0 bridgehead atoms. The van der Waals surface area contributed by atoms with Crippen molar-refractivity contribution >= 4 is 24.0 Å². The zero-order chi connectivity index (χ0) is 24.9. The number of benzene rings is 2. The highest BCUT2D eigenvalue weighted by Crippen LogP contribution is 2.23. The lowest BCUT2D eigenvalue weighted by atomic mass is 10.1. The summed E-state index contributed by atoms with van der Waals surface area (Å²) in [5.74, 6) is -1.29. The van der Waals surface area contributed by atoms with Crippen molar-refractivity contribution in [1.82, 2.24) is 0 Å². The number of ether oxygens (including phenoxy) is 4. The lowest BCUT2D eigenvalue weighted by molar-refractivity contribution is -0.145. The van der Waals surface area contributed by atoms with Gasteiger partial charge in [0.15, 0.2) is 0 Å². The Morgan fingerprint density at radius 1 is 1.12 bits per heavy atom. The van der Waals surface area contributed by atoms with Gasteiger partial charge in [0.25, 0.3) is 0 Å². The summed E-state index contributed by atoms with van der Waals surface area (Å²) in [6.07, 6.45) is 2.78. The average Bonchev–Trinajstić information content (AvgIpc) is 2.83. The first-order chi connectivity index (χ1) is 16.3. The van der Waals surface area contributed by atoms with E-state index in [1.54, 1.807) is 12.1 Å². The number of carbonyl (C=O) groups excluding carboxylic acids is 3. The number of rotatable bonds is 11. The maximum atomic E-state index is 12.5. The number of hydrogen-bond acceptors (Lipinski definition) is 9. The topological polar surface area (TPSA) is 132 Å². The van der Waals surface area contributed by atoms with Crippen LogP contribution in [0, 0.1) is 11.3 Å². The zero-order valence-electron chi connectivity index (χ0n) is 18.5. The standard InChI is InChI=1S/C25H23NO8/c1-17(2)24(29)33-16-32-21-8-6-19(7-9-21)25(30)34-22-10-4-18(14-20(22)15-27)5-11-23(28)31-13-3-12-26/h4-11,14,27H,1,3,13,15-16H2,2H3/b11-5+. The van der Waals surface area contributed by atoms with Gasteiger partial charge in [-0.25, -0.2) is 14.4 Å². The number of esters is 3. The van der Waals surface area contributed by atoms with Crippen LogP contribution >= 0.6 is 0 Å². The van der Waals surface area contributed by atoms with Gasteiger partial charge in [0.1, 0.15) is 18.1 Å². The maximum Gasteiger partial charge on any atom is 0.343 e. The van der Waals surface area contributed by atoms with E-state index in [0.717, 1.165) is 0 Å². The second kappa shape index (κ2) is 13.2. The summed E-state index contributed by atoms with van der Waals surface area (Å²) in [6.45, 7) is 4.30. The summed E-state index contributed by atoms with van der Waals surface area (Å²) in [4.78, 5) is 35.4. The van der Waals surface area contributed by atoms with Crippen molar-refractivity contribution in [1.29, 1.82) is 5.26 Å². The molecule has 0 amide bonds. The molecule has 2 aromatic rings. The molecule has 2 aromatic carbocycles. The monoisotopic (exact) mass is 465 g/mol. The molecule has 0 unspecified atom stereocenters. The normalized spacial score (nSPS) is 10.3. The van der Waals surface area contributed by atoms with Crippen molar-refractivity contribution in [3.63, 3.8) is 0 Å². The summed E-state index contributed by atoms with van der Waals surface area (Å²) >= 11 is 0. The maximum absolute atomic E-state index is 12.5. The van der Waals surface area contributed by atoms with E-state index in [2.05, 4.69) is 6.58 Å². The van der Waals surface area contributed by atoms with Crippen LogP contribution in [0.5, 0.6) is 11.5 Å². The van der Waals surface area contributed by atoms with Crippen LogP contribution in [0.3, 0.4) is 0 Å². The van der Waals surface area contributed by atoms with Gasteiger partial charge in [-0.05, 0) is 55.0 Å². The second-order valence-electron chi connectivity index (χ2n) is 6.82. The molecular weight excluding hydrogens is 442 g/mol. The molecule has 0 aliphatic heterocycles. The van der Waals surface area contributed by atoms with E-state index >= 15 is 0 Å². The molecule has 34 heavy (non-hydrogen) atoms. The van der Waals surface area contributed by atoms with Gasteiger partial charge >= 0.3 is 17.9 Å². The van der Waals surface area contributed by atoms with E-state index in [9.17, 15) is 19.5 Å². The largest absolute Gasteiger partial charge is 0.461 e. The number of nitrogens with zero attached hydrogens (tertiary/aromatic N) is 1. The number of carbonyl (C=O) groups is 3. The summed E-state index contributed by atoms with van der Waals surface area (Å²) in [6, 6.07) is 12.5. The van der Waals surface area contributed by atoms with Gasteiger partial charge < -0.3 is 24.1 Å². The first-order valence-corrected chi connectivity index (χ1v) is 10.1. The molecule has 0 aliphatic rings. The summed E-state index contributed by atoms with van der Waals surface area (Å²) in [5, 5.41) is 18.1. The van der Waals surface area contributed by atoms with Crippen LogP contribution < -0.4 is 9.47 Å². The van der Waals surface area contributed by atoms with Crippen LogP contribution in [-0.2, 0) is 25.7 Å². The van der Waals surface area contributed by atoms with Crippen LogP contribution in [0.2, 0.25) is 0 Å². The molecule has 0 radical (unpaired) electrons. The van der Waals surface area contributed by atoms with E-state index in [1.165, 1.54) is 49.4 Å². The minimum atomic E-state index is -0.653. The quantitative estimate of drug-likeness (QED) is 0.174. The Morgan fingerprint density at radius 2 is 1.85 bits per heavy atom. The molecule has 1 N–H and O–H groups in total. The van der Waals surface area contributed by atoms with E-state index in [-0.39, 0.29) is 36.7 Å². The lowest BCUT2D eigenvalue weighted by Gasteiger charge is -2.10. The third kappa shape index (κ3) is 8.26. The van der Waals surface area contributed by atoms with Crippen molar-refractivity contribution in [2.45, 2.75) is 20.0 Å². The highest BCUT2D eigenvalue weighted by molar-refractivity contribution is 5.91. The van der Waals surface area contributed by atoms with Crippen molar-refractivity contribution in [2.75, 3.05) is 13.4 Å². The van der Waals surface area contributed by atoms with Crippen molar-refractivity contribution < 1.29 is 38.4 Å². The Morgan fingerprint density at radius 3 is 2.50 bits per heavy atom. The third-order valence-electron chi connectivity index (χ3n) is 4.18. The molecule has 0 saturated carbocycles. The van der Waals surface area contributed by atoms with Crippen LogP contribution in [0.15, 0.2) is 60.7 Å². The molecule has 0 aliphatic carbocycles. The van der Waals surface area contributed by atoms with Crippen LogP contribution in [0.4, 0.5) is 0 Å². The molecule has 0 aromatic heterocycles. The molecule has 0 atom stereocenters. The van der Waals surface area contributed by atoms with Crippen molar-refractivity contribution in [2.24, 2.45) is 0 Å². The Labute approximate surface area is 196 Å². The van der Waals surface area contributed by atoms with Crippen LogP contribution in [0.25, 0.3) is 6.08 Å². The first-order valence-electron chi connectivity index (χ1n) is 10.1. The number of nitriles is 1. The predicted octanol–water partition coefficient (Wildman–Crippen LogP) is 3.32. The molecular formula is C25H23NO8. The Hall–Kier alpha value is -4.42. The SMILES string of the molecule is C=C(C)C(=O)OCOc1ccc(C(=O)Oc2ccc(/C=C/C(=O)OCCC#N)cc2CO)cc1. The minimum absolute atomic E-state index is 0.00597. The smallest absolute Gasteiger partial charge is 0.343 e. The van der Waals surface area contributed by atoms with Gasteiger partial charge in [-0.3, -0.25) is 0 Å². The molecule has 0 fully saturated rings. The molecule has 9 heteroatoms. The summed E-state index contributed by atoms with van der Waals surface area (Å²) in [7, 11) is 0. The van der Waals surface area contributed by atoms with Gasteiger partial charge in [-0.2, -0.15) is 5.26 Å². The highest BCUT2D eigenvalue weighted by atomic mass is 16.7. The fourth-order valence-electron chi connectivity index (χ4n) is 2.46. The Bertz CT molecular complexity index is 1110. The summed E-state index contributed by atoms with van der Waals surface area (Å²) in [5.41, 5.74) is 1.41. The van der Waals surface area contributed by atoms with Crippen LogP contribution in [-0.4, -0.2) is 36.4 Å². The van der Waals surface area contributed by atoms with E-state index in [4.69, 9.17) is 24.2 Å². The summed E-state index contributed by atoms with van der Waals surface area (Å²) < 4.78 is 20.3. The predicted molar refractivity (Wildman–Crippen MR) is 120 cm³/mol. The van der Waals surface area contributed by atoms with Crippen molar-refractivity contribution in [3.8, 4) is 17.6 Å². The first kappa shape index (κ1) is 25.8. The molecule has 176 valence electrons. The Kier molecular flexibility index (Phi) is 10.0. The van der Waals surface area contributed by atoms with E-state index in [1.807, 2.05) is 6.07 Å². The minimum Gasteiger partial charge on any atom is -0.461 e. The van der Waals surface area contributed by atoms with Gasteiger partial charge in [-0.1, -0.05) is 12.6 Å². The average molecular weight is 465 g/mol. The Balaban J connectivity index is 1.97. The molecule has 0 spiro atoms. The van der Waals surface area contributed by atoms with Gasteiger partial charge in [-0.15, -0.1) is 0 Å². The van der Waals surface area contributed by atoms with Gasteiger partial charge in [0.2, 0.25) is 6.79 Å². The number of hydrogen-bond donors (Lipinski definition) is 1. The van der Waals surface area contributed by atoms with Gasteiger partial charge in [0.05, 0.1) is 24.7 Å². The molecule has 2 rings (SSSR count). The van der Waals surface area contributed by atoms with Crippen molar-refractivity contribution in [3.05, 3.63) is 77.4 Å². The molecule has 0 saturated heterocycles. The van der Waals surface area contributed by atoms with E-state index in [0.29, 0.717) is 16.9 Å². The highest BCUT2D eigenvalue weighted by Gasteiger charge is 2.13. The fourth-order valence-corrected chi connectivity index (χ4v) is 2.46. The molecule has 0 heterocycles. The second-order valence-corrected chi connectivity index (χ2v) is 6.82. The zero-order valence-corrected chi connectivity index (χ0v) is 18.5. The van der Waals surface area contributed by atoms with E-state index < -0.39 is 24.5 Å². The lowest BCUT2D eigenvalue weighted by Crippen LogP contribution is -2.11. The fraction of sp³-hybridized carbons (Fsp3) is 0.200. The number of aliphatic hydroxyl groups excluding tert-OH is 1. The molecule has 9 nitrogen and oxygen atoms in total. The van der Waals surface area contributed by atoms with Gasteiger partial charge in [0, 0.05) is 17.2 Å².